The van der Waals surface area contributed by atoms with Crippen molar-refractivity contribution in [1.29, 1.82) is 0 Å². The van der Waals surface area contributed by atoms with E-state index in [1.807, 2.05) is 19.1 Å². The van der Waals surface area contributed by atoms with Crippen molar-refractivity contribution in [2.24, 2.45) is 0 Å². The topological polar surface area (TPSA) is 70.7 Å². The van der Waals surface area contributed by atoms with Gasteiger partial charge >= 0.3 is 0 Å². The van der Waals surface area contributed by atoms with Gasteiger partial charge in [-0.2, -0.15) is 0 Å². The molecule has 6 nitrogen and oxygen atoms in total. The zero-order valence-electron chi connectivity index (χ0n) is 14.1. The number of carbonyl (C=O) groups is 2. The lowest BCUT2D eigenvalue weighted by molar-refractivity contribution is -0.118. The van der Waals surface area contributed by atoms with Crippen molar-refractivity contribution in [3.8, 4) is 0 Å². The Labute approximate surface area is 142 Å². The summed E-state index contributed by atoms with van der Waals surface area (Å²) in [6.07, 6.45) is 3.88. The summed E-state index contributed by atoms with van der Waals surface area (Å²) in [6, 6.07) is 5.49. The lowest BCUT2D eigenvalue weighted by Crippen LogP contribution is -2.50. The largest absolute Gasteiger partial charge is 0.382 e. The molecule has 0 saturated carbocycles. The average molecular weight is 331 g/mol. The first-order chi connectivity index (χ1) is 11.7. The summed E-state index contributed by atoms with van der Waals surface area (Å²) in [5.41, 5.74) is 2.33. The highest BCUT2D eigenvalue weighted by atomic mass is 16.5. The van der Waals surface area contributed by atoms with Crippen LogP contribution in [-0.2, 0) is 9.53 Å². The maximum Gasteiger partial charge on any atom is 0.251 e. The molecule has 1 atom stereocenters. The first-order valence-corrected chi connectivity index (χ1v) is 8.78. The fourth-order valence-electron chi connectivity index (χ4n) is 3.36. The second kappa shape index (κ2) is 7.66. The monoisotopic (exact) mass is 331 g/mol. The predicted octanol–water partition coefficient (Wildman–Crippen LogP) is 2.15. The number of benzene rings is 1. The van der Waals surface area contributed by atoms with Crippen molar-refractivity contribution in [2.75, 3.05) is 36.5 Å². The van der Waals surface area contributed by atoms with Crippen LogP contribution in [-0.4, -0.2) is 44.2 Å². The van der Waals surface area contributed by atoms with Crippen LogP contribution in [0, 0.1) is 0 Å². The Hall–Kier alpha value is -2.08. The smallest absolute Gasteiger partial charge is 0.251 e. The fourth-order valence-corrected chi connectivity index (χ4v) is 3.36. The Balaban J connectivity index is 1.66. The van der Waals surface area contributed by atoms with Gasteiger partial charge in [0.05, 0.1) is 11.4 Å². The van der Waals surface area contributed by atoms with Gasteiger partial charge < -0.3 is 20.3 Å². The number of piperidine rings is 1. The highest BCUT2D eigenvalue weighted by Gasteiger charge is 2.34. The van der Waals surface area contributed by atoms with Crippen molar-refractivity contribution in [1.82, 2.24) is 5.32 Å². The Morgan fingerprint density at radius 2 is 2.29 bits per heavy atom. The number of rotatable bonds is 6. The third-order valence-corrected chi connectivity index (χ3v) is 4.59. The number of hydrogen-bond acceptors (Lipinski definition) is 4. The van der Waals surface area contributed by atoms with Crippen molar-refractivity contribution in [3.63, 3.8) is 0 Å². The van der Waals surface area contributed by atoms with E-state index in [1.54, 1.807) is 6.07 Å². The maximum absolute atomic E-state index is 12.3. The molecule has 2 aliphatic rings. The van der Waals surface area contributed by atoms with Gasteiger partial charge in [-0.05, 0) is 50.8 Å². The van der Waals surface area contributed by atoms with Crippen molar-refractivity contribution in [2.45, 2.75) is 38.6 Å². The number of hydrogen-bond donors (Lipinski definition) is 2. The number of nitrogens with zero attached hydrogens (tertiary/aromatic N) is 1. The van der Waals surface area contributed by atoms with Crippen molar-refractivity contribution < 1.29 is 14.3 Å². The lowest BCUT2D eigenvalue weighted by Gasteiger charge is -2.41. The second-order valence-corrected chi connectivity index (χ2v) is 6.23. The third-order valence-electron chi connectivity index (χ3n) is 4.59. The molecule has 2 heterocycles. The predicted molar refractivity (Wildman–Crippen MR) is 93.5 cm³/mol. The zero-order chi connectivity index (χ0) is 16.9. The summed E-state index contributed by atoms with van der Waals surface area (Å²) >= 11 is 0. The molecule has 1 saturated heterocycles. The van der Waals surface area contributed by atoms with E-state index in [-0.39, 0.29) is 17.9 Å². The van der Waals surface area contributed by atoms with Gasteiger partial charge in [0.15, 0.2) is 0 Å². The van der Waals surface area contributed by atoms with Crippen LogP contribution < -0.4 is 15.5 Å². The normalized spacial score (nSPS) is 19.3. The van der Waals surface area contributed by atoms with Crippen LogP contribution in [0.15, 0.2) is 18.2 Å². The van der Waals surface area contributed by atoms with E-state index >= 15 is 0 Å². The Bertz CT molecular complexity index is 618. The van der Waals surface area contributed by atoms with Gasteiger partial charge in [0.1, 0.15) is 6.04 Å². The molecule has 2 amide bonds. The molecular weight excluding hydrogens is 306 g/mol. The van der Waals surface area contributed by atoms with E-state index in [0.29, 0.717) is 25.3 Å². The lowest BCUT2D eigenvalue weighted by atomic mass is 9.97. The number of amides is 2. The van der Waals surface area contributed by atoms with E-state index in [4.69, 9.17) is 4.74 Å². The molecular formula is C18H25N3O3. The molecule has 0 unspecified atom stereocenters. The van der Waals surface area contributed by atoms with E-state index in [2.05, 4.69) is 15.5 Å². The number of ether oxygens (including phenoxy) is 1. The van der Waals surface area contributed by atoms with E-state index < -0.39 is 0 Å². The summed E-state index contributed by atoms with van der Waals surface area (Å²) in [5, 5.41) is 5.84. The van der Waals surface area contributed by atoms with Crippen LogP contribution in [0.5, 0.6) is 0 Å². The molecule has 0 aromatic heterocycles. The Morgan fingerprint density at radius 1 is 1.42 bits per heavy atom. The molecule has 0 radical (unpaired) electrons. The summed E-state index contributed by atoms with van der Waals surface area (Å²) < 4.78 is 5.25. The first kappa shape index (κ1) is 16.8. The van der Waals surface area contributed by atoms with Gasteiger partial charge in [-0.15, -0.1) is 0 Å². The number of carbonyl (C=O) groups excluding carboxylic acids is 2. The average Bonchev–Trinajstić information content (AvgIpc) is 2.61. The molecule has 0 bridgehead atoms. The molecule has 0 spiro atoms. The number of nitrogens with one attached hydrogen (secondary N) is 2. The van der Waals surface area contributed by atoms with Crippen molar-refractivity contribution >= 4 is 23.2 Å². The van der Waals surface area contributed by atoms with Crippen LogP contribution in [0.25, 0.3) is 0 Å². The molecule has 1 aromatic carbocycles. The van der Waals surface area contributed by atoms with Gasteiger partial charge in [-0.1, -0.05) is 0 Å². The van der Waals surface area contributed by atoms with Crippen LogP contribution in [0.2, 0.25) is 0 Å². The van der Waals surface area contributed by atoms with Gasteiger partial charge in [-0.3, -0.25) is 9.59 Å². The van der Waals surface area contributed by atoms with E-state index in [0.717, 1.165) is 43.6 Å². The summed E-state index contributed by atoms with van der Waals surface area (Å²) in [5.74, 6) is -0.0826. The van der Waals surface area contributed by atoms with Crippen LogP contribution >= 0.6 is 0 Å². The maximum atomic E-state index is 12.3. The Kier molecular flexibility index (Phi) is 5.35. The highest BCUT2D eigenvalue weighted by molar-refractivity contribution is 6.05. The third kappa shape index (κ3) is 3.53. The van der Waals surface area contributed by atoms with Gasteiger partial charge in [-0.25, -0.2) is 0 Å². The van der Waals surface area contributed by atoms with Crippen molar-refractivity contribution in [3.05, 3.63) is 23.8 Å². The molecule has 2 N–H and O–H groups in total. The first-order valence-electron chi connectivity index (χ1n) is 8.78. The molecule has 3 rings (SSSR count). The zero-order valence-corrected chi connectivity index (χ0v) is 14.1. The quantitative estimate of drug-likeness (QED) is 0.784. The molecule has 130 valence electrons. The summed E-state index contributed by atoms with van der Waals surface area (Å²) in [4.78, 5) is 26.7. The van der Waals surface area contributed by atoms with E-state index in [1.165, 1.54) is 0 Å². The molecule has 1 aromatic rings. The second-order valence-electron chi connectivity index (χ2n) is 6.23. The molecule has 1 fully saturated rings. The molecule has 6 heteroatoms. The summed E-state index contributed by atoms with van der Waals surface area (Å²) in [6.45, 7) is 4.76. The fraction of sp³-hybridized carbons (Fsp3) is 0.556. The van der Waals surface area contributed by atoms with E-state index in [9.17, 15) is 9.59 Å². The Morgan fingerprint density at radius 3 is 3.12 bits per heavy atom. The highest BCUT2D eigenvalue weighted by Crippen LogP contribution is 2.36. The minimum absolute atomic E-state index is 0.0384. The minimum Gasteiger partial charge on any atom is -0.382 e. The molecule has 0 aliphatic carbocycles. The number of anilines is 2. The van der Waals surface area contributed by atoms with Gasteiger partial charge in [0.2, 0.25) is 5.91 Å². The molecule has 2 aliphatic heterocycles. The summed E-state index contributed by atoms with van der Waals surface area (Å²) in [7, 11) is 0. The standard InChI is InChI=1S/C18H25N3O3/c1-2-24-11-5-9-19-17(22)13-7-8-15-14(12-13)20-18(23)16-6-3-4-10-21(15)16/h7-8,12,16H,2-6,9-11H2,1H3,(H,19,22)(H,20,23)/t16-/m1/s1. The van der Waals surface area contributed by atoms with Crippen LogP contribution in [0.3, 0.4) is 0 Å². The number of fused-ring (bicyclic) bond motifs is 3. The minimum atomic E-state index is -0.121. The van der Waals surface area contributed by atoms with Crippen LogP contribution in [0.4, 0.5) is 11.4 Å². The molecule has 24 heavy (non-hydrogen) atoms. The van der Waals surface area contributed by atoms with Gasteiger partial charge in [0.25, 0.3) is 5.91 Å². The SMILES string of the molecule is CCOCCCNC(=O)c1ccc2c(c1)NC(=O)[C@H]1CCCCN21. The van der Waals surface area contributed by atoms with Crippen LogP contribution in [0.1, 0.15) is 43.0 Å². The van der Waals surface area contributed by atoms with Gasteiger partial charge in [0, 0.05) is 31.9 Å².